The fourth-order valence-corrected chi connectivity index (χ4v) is 3.71. The molecule has 3 rings (SSSR count). The van der Waals surface area contributed by atoms with Gasteiger partial charge in [0.05, 0.1) is 6.42 Å². The second kappa shape index (κ2) is 10.9. The Balaban J connectivity index is 1.99. The zero-order valence-electron chi connectivity index (χ0n) is 17.5. The van der Waals surface area contributed by atoms with Crippen LogP contribution in [0.15, 0.2) is 72.8 Å². The van der Waals surface area contributed by atoms with Gasteiger partial charge in [0.1, 0.15) is 17.7 Å². The van der Waals surface area contributed by atoms with E-state index in [9.17, 15) is 18.4 Å². The van der Waals surface area contributed by atoms with Gasteiger partial charge in [-0.15, -0.1) is 0 Å². The number of carbonyl (C=O) groups excluding carboxylic acids is 2. The van der Waals surface area contributed by atoms with E-state index < -0.39 is 29.5 Å². The minimum Gasteiger partial charge on any atom is -0.357 e. The van der Waals surface area contributed by atoms with Crippen molar-refractivity contribution in [3.8, 4) is 0 Å². The van der Waals surface area contributed by atoms with Gasteiger partial charge in [-0.1, -0.05) is 66.2 Å². The van der Waals surface area contributed by atoms with Crippen LogP contribution < -0.4 is 5.32 Å². The topological polar surface area (TPSA) is 49.4 Å². The van der Waals surface area contributed by atoms with E-state index in [1.807, 2.05) is 30.3 Å². The summed E-state index contributed by atoms with van der Waals surface area (Å²) >= 11 is 6.11. The molecule has 0 heterocycles. The molecule has 0 spiro atoms. The smallest absolute Gasteiger partial charge is 0.242 e. The largest absolute Gasteiger partial charge is 0.357 e. The van der Waals surface area contributed by atoms with Crippen molar-refractivity contribution in [1.82, 2.24) is 10.2 Å². The SMILES string of the molecule is CNC(=O)C(Cc1ccccc1)N(Cc1ccccc1F)C(=O)Cc1c(F)cccc1Cl. The third-order valence-electron chi connectivity index (χ3n) is 5.21. The van der Waals surface area contributed by atoms with Gasteiger partial charge in [0.25, 0.3) is 0 Å². The first-order valence-electron chi connectivity index (χ1n) is 10.1. The van der Waals surface area contributed by atoms with Crippen LogP contribution in [0.3, 0.4) is 0 Å². The van der Waals surface area contributed by atoms with Crippen LogP contribution in [-0.4, -0.2) is 29.8 Å². The van der Waals surface area contributed by atoms with Crippen LogP contribution in [0.4, 0.5) is 8.78 Å². The van der Waals surface area contributed by atoms with Crippen LogP contribution in [-0.2, 0) is 29.0 Å². The van der Waals surface area contributed by atoms with Gasteiger partial charge in [0, 0.05) is 36.2 Å². The van der Waals surface area contributed by atoms with Crippen LogP contribution in [0.25, 0.3) is 0 Å². The fraction of sp³-hybridized carbons (Fsp3) is 0.200. The first kappa shape index (κ1) is 23.4. The molecule has 0 aliphatic heterocycles. The van der Waals surface area contributed by atoms with E-state index in [4.69, 9.17) is 11.6 Å². The van der Waals surface area contributed by atoms with Gasteiger partial charge < -0.3 is 10.2 Å². The van der Waals surface area contributed by atoms with Gasteiger partial charge in [-0.25, -0.2) is 8.78 Å². The highest BCUT2D eigenvalue weighted by molar-refractivity contribution is 6.31. The number of amides is 2. The van der Waals surface area contributed by atoms with E-state index in [2.05, 4.69) is 5.32 Å². The second-order valence-corrected chi connectivity index (χ2v) is 7.72. The maximum Gasteiger partial charge on any atom is 0.242 e. The van der Waals surface area contributed by atoms with Crippen molar-refractivity contribution in [2.45, 2.75) is 25.4 Å². The average Bonchev–Trinajstić information content (AvgIpc) is 2.80. The molecule has 0 saturated carbocycles. The molecule has 1 unspecified atom stereocenters. The quantitative estimate of drug-likeness (QED) is 0.540. The van der Waals surface area contributed by atoms with Crippen molar-refractivity contribution in [2.24, 2.45) is 0 Å². The van der Waals surface area contributed by atoms with Crippen molar-refractivity contribution in [1.29, 1.82) is 0 Å². The van der Waals surface area contributed by atoms with E-state index in [0.29, 0.717) is 0 Å². The molecule has 7 heteroatoms. The van der Waals surface area contributed by atoms with E-state index in [0.717, 1.165) is 5.56 Å². The van der Waals surface area contributed by atoms with Gasteiger partial charge in [0.15, 0.2) is 0 Å². The first-order chi connectivity index (χ1) is 15.4. The summed E-state index contributed by atoms with van der Waals surface area (Å²) in [4.78, 5) is 27.5. The van der Waals surface area contributed by atoms with Crippen LogP contribution in [0.5, 0.6) is 0 Å². The molecule has 0 aromatic heterocycles. The maximum absolute atomic E-state index is 14.4. The Labute approximate surface area is 190 Å². The van der Waals surface area contributed by atoms with Crippen molar-refractivity contribution < 1.29 is 18.4 Å². The number of halogens is 3. The summed E-state index contributed by atoms with van der Waals surface area (Å²) in [6.07, 6.45) is -0.145. The van der Waals surface area contributed by atoms with Crippen LogP contribution in [0.1, 0.15) is 16.7 Å². The van der Waals surface area contributed by atoms with Crippen LogP contribution >= 0.6 is 11.6 Å². The molecule has 0 saturated heterocycles. The summed E-state index contributed by atoms with van der Waals surface area (Å²) in [5.74, 6) is -2.05. The van der Waals surface area contributed by atoms with Crippen molar-refractivity contribution in [3.63, 3.8) is 0 Å². The lowest BCUT2D eigenvalue weighted by molar-refractivity contribution is -0.140. The molecule has 1 atom stereocenters. The molecule has 3 aromatic carbocycles. The molecule has 3 aromatic rings. The average molecular weight is 457 g/mol. The van der Waals surface area contributed by atoms with Crippen LogP contribution in [0, 0.1) is 11.6 Å². The maximum atomic E-state index is 14.4. The summed E-state index contributed by atoms with van der Waals surface area (Å²) in [5, 5.41) is 2.70. The Hall–Kier alpha value is -3.25. The zero-order valence-corrected chi connectivity index (χ0v) is 18.3. The van der Waals surface area contributed by atoms with Gasteiger partial charge in [-0.2, -0.15) is 0 Å². The third-order valence-corrected chi connectivity index (χ3v) is 5.56. The predicted molar refractivity (Wildman–Crippen MR) is 120 cm³/mol. The number of hydrogen-bond acceptors (Lipinski definition) is 2. The highest BCUT2D eigenvalue weighted by Crippen LogP contribution is 2.23. The van der Waals surface area contributed by atoms with Crippen molar-refractivity contribution >= 4 is 23.4 Å². The summed E-state index contributed by atoms with van der Waals surface area (Å²) in [6, 6.07) is 18.5. The van der Waals surface area contributed by atoms with E-state index >= 15 is 0 Å². The fourth-order valence-electron chi connectivity index (χ4n) is 3.48. The molecule has 0 aliphatic carbocycles. The second-order valence-electron chi connectivity index (χ2n) is 7.31. The Morgan fingerprint density at radius 3 is 2.25 bits per heavy atom. The molecule has 0 fully saturated rings. The van der Waals surface area contributed by atoms with E-state index in [1.165, 1.54) is 36.2 Å². The first-order valence-corrected chi connectivity index (χ1v) is 10.5. The molecule has 0 bridgehead atoms. The lowest BCUT2D eigenvalue weighted by Crippen LogP contribution is -2.50. The van der Waals surface area contributed by atoms with Gasteiger partial charge in [-0.05, 0) is 23.8 Å². The van der Waals surface area contributed by atoms with Gasteiger partial charge >= 0.3 is 0 Å². The molecule has 1 N–H and O–H groups in total. The number of hydrogen-bond donors (Lipinski definition) is 1. The Bertz CT molecular complexity index is 1070. The predicted octanol–water partition coefficient (Wildman–Crippen LogP) is 4.55. The minimum atomic E-state index is -0.931. The number of likely N-dealkylation sites (N-methyl/N-ethyl adjacent to an activating group) is 1. The number of carbonyl (C=O) groups is 2. The van der Waals surface area contributed by atoms with E-state index in [1.54, 1.807) is 18.2 Å². The summed E-state index contributed by atoms with van der Waals surface area (Å²) in [5.41, 5.74) is 1.12. The molecule has 2 amide bonds. The number of benzene rings is 3. The third kappa shape index (κ3) is 5.71. The monoisotopic (exact) mass is 456 g/mol. The van der Waals surface area contributed by atoms with Gasteiger partial charge in [0.2, 0.25) is 11.8 Å². The Kier molecular flexibility index (Phi) is 7.95. The number of rotatable bonds is 8. The van der Waals surface area contributed by atoms with Gasteiger partial charge in [-0.3, -0.25) is 9.59 Å². The number of nitrogens with zero attached hydrogens (tertiary/aromatic N) is 1. The molecule has 0 radical (unpaired) electrons. The summed E-state index contributed by atoms with van der Waals surface area (Å²) in [6.45, 7) is -0.150. The van der Waals surface area contributed by atoms with Crippen molar-refractivity contribution in [2.75, 3.05) is 7.05 Å². The highest BCUT2D eigenvalue weighted by atomic mass is 35.5. The Morgan fingerprint density at radius 1 is 0.938 bits per heavy atom. The minimum absolute atomic E-state index is 0.0352. The lowest BCUT2D eigenvalue weighted by Gasteiger charge is -2.31. The highest BCUT2D eigenvalue weighted by Gasteiger charge is 2.31. The molecule has 0 aliphatic rings. The van der Waals surface area contributed by atoms with Crippen molar-refractivity contribution in [3.05, 3.63) is 106 Å². The molecular formula is C25H23ClF2N2O2. The standard InChI is InChI=1S/C25H23ClF2N2O2/c1-29-25(32)23(14-17-8-3-2-4-9-17)30(16-18-10-5-6-12-21(18)27)24(31)15-19-20(26)11-7-13-22(19)28/h2-13,23H,14-16H2,1H3,(H,29,32). The van der Waals surface area contributed by atoms with E-state index in [-0.39, 0.29) is 35.5 Å². The molecular weight excluding hydrogens is 434 g/mol. The Morgan fingerprint density at radius 2 is 1.59 bits per heavy atom. The zero-order chi connectivity index (χ0) is 23.1. The molecule has 166 valence electrons. The summed E-state index contributed by atoms with van der Waals surface area (Å²) < 4.78 is 28.8. The lowest BCUT2D eigenvalue weighted by atomic mass is 10.0. The van der Waals surface area contributed by atoms with Crippen LogP contribution in [0.2, 0.25) is 5.02 Å². The number of nitrogens with one attached hydrogen (secondary N) is 1. The normalized spacial score (nSPS) is 11.6. The molecule has 32 heavy (non-hydrogen) atoms. The molecule has 4 nitrogen and oxygen atoms in total. The summed E-state index contributed by atoms with van der Waals surface area (Å²) in [7, 11) is 1.47.